The number of ether oxygens (including phenoxy) is 1. The highest BCUT2D eigenvalue weighted by Crippen LogP contribution is 2.28. The molecule has 20 heavy (non-hydrogen) atoms. The predicted octanol–water partition coefficient (Wildman–Crippen LogP) is 2.40. The lowest BCUT2D eigenvalue weighted by Crippen LogP contribution is -2.47. The third-order valence-electron chi connectivity index (χ3n) is 4.03. The molecule has 0 bridgehead atoms. The van der Waals surface area contributed by atoms with Crippen molar-refractivity contribution in [1.82, 2.24) is 5.32 Å². The molecule has 4 nitrogen and oxygen atoms in total. The van der Waals surface area contributed by atoms with Gasteiger partial charge in [0, 0.05) is 35.5 Å². The van der Waals surface area contributed by atoms with E-state index < -0.39 is 9.84 Å². The van der Waals surface area contributed by atoms with Crippen LogP contribution in [-0.4, -0.2) is 32.9 Å². The highest BCUT2D eigenvalue weighted by atomic mass is 35.5. The Hall–Kier alpha value is -0.620. The molecule has 1 saturated heterocycles. The Morgan fingerprint density at radius 2 is 2.20 bits per heavy atom. The third-order valence-corrected chi connectivity index (χ3v) is 5.57. The second-order valence-electron chi connectivity index (χ2n) is 5.52. The van der Waals surface area contributed by atoms with Gasteiger partial charge in [-0.05, 0) is 32.4 Å². The monoisotopic (exact) mass is 317 g/mol. The van der Waals surface area contributed by atoms with Crippen LogP contribution in [0.15, 0.2) is 23.1 Å². The van der Waals surface area contributed by atoms with Gasteiger partial charge in [0.25, 0.3) is 0 Å². The molecule has 0 saturated carbocycles. The van der Waals surface area contributed by atoms with Crippen molar-refractivity contribution >= 4 is 21.4 Å². The quantitative estimate of drug-likeness (QED) is 0.926. The van der Waals surface area contributed by atoms with Gasteiger partial charge >= 0.3 is 0 Å². The molecule has 1 aliphatic heterocycles. The van der Waals surface area contributed by atoms with Crippen LogP contribution in [0.5, 0.6) is 0 Å². The zero-order chi connectivity index (χ0) is 15.0. The van der Waals surface area contributed by atoms with Crippen LogP contribution >= 0.6 is 11.6 Å². The molecular formula is C14H20ClNO3S. The van der Waals surface area contributed by atoms with Crippen molar-refractivity contribution in [3.8, 4) is 0 Å². The summed E-state index contributed by atoms with van der Waals surface area (Å²) in [6.07, 6.45) is 2.18. The summed E-state index contributed by atoms with van der Waals surface area (Å²) in [5, 5.41) is 3.87. The molecule has 2 atom stereocenters. The summed E-state index contributed by atoms with van der Waals surface area (Å²) in [6, 6.07) is 4.96. The number of hydrogen-bond acceptors (Lipinski definition) is 4. The first-order chi connectivity index (χ1) is 9.24. The maximum atomic E-state index is 11.8. The summed E-state index contributed by atoms with van der Waals surface area (Å²) < 4.78 is 29.2. The van der Waals surface area contributed by atoms with E-state index in [-0.39, 0.29) is 16.5 Å². The number of sulfone groups is 1. The van der Waals surface area contributed by atoms with Crippen molar-refractivity contribution in [2.75, 3.05) is 12.9 Å². The van der Waals surface area contributed by atoms with E-state index in [2.05, 4.69) is 12.2 Å². The fraction of sp³-hybridized carbons (Fsp3) is 0.571. The van der Waals surface area contributed by atoms with Crippen molar-refractivity contribution in [2.24, 2.45) is 0 Å². The lowest BCUT2D eigenvalue weighted by atomic mass is 9.94. The summed E-state index contributed by atoms with van der Waals surface area (Å²) in [6.45, 7) is 5.23. The number of benzene rings is 1. The maximum Gasteiger partial charge on any atom is 0.175 e. The Labute approximate surface area is 125 Å². The minimum atomic E-state index is -3.29. The van der Waals surface area contributed by atoms with Crippen molar-refractivity contribution < 1.29 is 13.2 Å². The fourth-order valence-corrected chi connectivity index (χ4v) is 3.67. The minimum Gasteiger partial charge on any atom is -0.377 e. The Morgan fingerprint density at radius 1 is 1.50 bits per heavy atom. The minimum absolute atomic E-state index is 0.0895. The van der Waals surface area contributed by atoms with Crippen LogP contribution in [0.1, 0.15) is 25.8 Å². The summed E-state index contributed by atoms with van der Waals surface area (Å²) in [7, 11) is -3.29. The molecule has 0 spiro atoms. The SMILES string of the molecule is CC1OCCC1(C)NCc1c(Cl)cccc1S(C)(=O)=O. The Bertz CT molecular complexity index is 602. The van der Waals surface area contributed by atoms with Crippen molar-refractivity contribution in [1.29, 1.82) is 0 Å². The van der Waals surface area contributed by atoms with Crippen LogP contribution in [0.25, 0.3) is 0 Å². The smallest absolute Gasteiger partial charge is 0.175 e. The molecule has 1 aromatic rings. The van der Waals surface area contributed by atoms with E-state index in [0.717, 1.165) is 6.42 Å². The van der Waals surface area contributed by atoms with Gasteiger partial charge in [-0.2, -0.15) is 0 Å². The van der Waals surface area contributed by atoms with Crippen LogP contribution in [0.2, 0.25) is 5.02 Å². The molecule has 1 heterocycles. The Morgan fingerprint density at radius 3 is 2.75 bits per heavy atom. The Kier molecular flexibility index (Phi) is 4.44. The van der Waals surface area contributed by atoms with Gasteiger partial charge in [0.1, 0.15) is 0 Å². The molecule has 112 valence electrons. The first-order valence-corrected chi connectivity index (χ1v) is 8.85. The lowest BCUT2D eigenvalue weighted by Gasteiger charge is -2.29. The fourth-order valence-electron chi connectivity index (χ4n) is 2.42. The van der Waals surface area contributed by atoms with Crippen molar-refractivity contribution in [3.63, 3.8) is 0 Å². The zero-order valence-electron chi connectivity index (χ0n) is 11.9. The topological polar surface area (TPSA) is 55.4 Å². The average molecular weight is 318 g/mol. The van der Waals surface area contributed by atoms with Crippen molar-refractivity contribution in [2.45, 2.75) is 43.4 Å². The summed E-state index contributed by atoms with van der Waals surface area (Å²) >= 11 is 6.17. The van der Waals surface area contributed by atoms with Gasteiger partial charge in [0.2, 0.25) is 0 Å². The van der Waals surface area contributed by atoms with E-state index >= 15 is 0 Å². The molecule has 0 radical (unpaired) electrons. The van der Waals surface area contributed by atoms with E-state index in [4.69, 9.17) is 16.3 Å². The average Bonchev–Trinajstić information content (AvgIpc) is 2.67. The molecule has 1 N–H and O–H groups in total. The van der Waals surface area contributed by atoms with Crippen LogP contribution in [-0.2, 0) is 21.1 Å². The van der Waals surface area contributed by atoms with E-state index in [1.807, 2.05) is 6.92 Å². The molecule has 1 aromatic carbocycles. The second-order valence-corrected chi connectivity index (χ2v) is 7.91. The Balaban J connectivity index is 2.26. The van der Waals surface area contributed by atoms with E-state index in [9.17, 15) is 8.42 Å². The first-order valence-electron chi connectivity index (χ1n) is 6.58. The van der Waals surface area contributed by atoms with Gasteiger partial charge in [0.05, 0.1) is 11.0 Å². The molecule has 0 amide bonds. The number of hydrogen-bond donors (Lipinski definition) is 1. The second kappa shape index (κ2) is 5.64. The van der Waals surface area contributed by atoms with Gasteiger partial charge in [-0.3, -0.25) is 0 Å². The van der Waals surface area contributed by atoms with Crippen LogP contribution in [0.3, 0.4) is 0 Å². The van der Waals surface area contributed by atoms with Gasteiger partial charge in [-0.25, -0.2) is 8.42 Å². The molecule has 1 aliphatic rings. The maximum absolute atomic E-state index is 11.8. The largest absolute Gasteiger partial charge is 0.377 e. The van der Waals surface area contributed by atoms with Crippen LogP contribution in [0.4, 0.5) is 0 Å². The number of rotatable bonds is 4. The number of halogens is 1. The molecule has 6 heteroatoms. The lowest BCUT2D eigenvalue weighted by molar-refractivity contribution is 0.0881. The van der Waals surface area contributed by atoms with Crippen molar-refractivity contribution in [3.05, 3.63) is 28.8 Å². The predicted molar refractivity (Wildman–Crippen MR) is 79.8 cm³/mol. The summed E-state index contributed by atoms with van der Waals surface area (Å²) in [4.78, 5) is 0.285. The molecule has 0 aromatic heterocycles. The van der Waals surface area contributed by atoms with Gasteiger partial charge < -0.3 is 10.1 Å². The molecule has 2 rings (SSSR count). The molecule has 2 unspecified atom stereocenters. The normalized spacial score (nSPS) is 26.9. The van der Waals surface area contributed by atoms with E-state index in [1.165, 1.54) is 6.26 Å². The van der Waals surface area contributed by atoms with Gasteiger partial charge in [0.15, 0.2) is 9.84 Å². The molecule has 1 fully saturated rings. The number of nitrogens with one attached hydrogen (secondary N) is 1. The first kappa shape index (κ1) is 15.8. The molecule has 0 aliphatic carbocycles. The third kappa shape index (κ3) is 3.17. The highest BCUT2D eigenvalue weighted by molar-refractivity contribution is 7.90. The summed E-state index contributed by atoms with van der Waals surface area (Å²) in [5.74, 6) is 0. The summed E-state index contributed by atoms with van der Waals surface area (Å²) in [5.41, 5.74) is 0.463. The zero-order valence-corrected chi connectivity index (χ0v) is 13.5. The highest BCUT2D eigenvalue weighted by Gasteiger charge is 2.36. The standard InChI is InChI=1S/C14H20ClNO3S/c1-10-14(2,7-8-19-10)16-9-11-12(15)5-4-6-13(11)20(3,17)18/h4-6,10,16H,7-9H2,1-3H3. The van der Waals surface area contributed by atoms with Crippen LogP contribution < -0.4 is 5.32 Å². The van der Waals surface area contributed by atoms with Gasteiger partial charge in [-0.15, -0.1) is 0 Å². The van der Waals surface area contributed by atoms with E-state index in [0.29, 0.717) is 23.7 Å². The van der Waals surface area contributed by atoms with Crippen LogP contribution in [0, 0.1) is 0 Å². The molecular weight excluding hydrogens is 298 g/mol. The van der Waals surface area contributed by atoms with Gasteiger partial charge in [-0.1, -0.05) is 17.7 Å². The van der Waals surface area contributed by atoms with E-state index in [1.54, 1.807) is 18.2 Å².